The maximum absolute atomic E-state index is 13.4. The molecular weight excluding hydrogens is 281 g/mol. The van der Waals surface area contributed by atoms with E-state index in [0.717, 1.165) is 0 Å². The van der Waals surface area contributed by atoms with E-state index in [-0.39, 0.29) is 12.1 Å². The largest absolute Gasteiger partial charge is 0.481 e. The van der Waals surface area contributed by atoms with Crippen LogP contribution in [0, 0.1) is 5.82 Å². The molecule has 1 aromatic carbocycles. The van der Waals surface area contributed by atoms with Crippen LogP contribution in [0.25, 0.3) is 0 Å². The van der Waals surface area contributed by atoms with Gasteiger partial charge >= 0.3 is 5.97 Å². The van der Waals surface area contributed by atoms with E-state index in [2.05, 4.69) is 21.2 Å². The van der Waals surface area contributed by atoms with E-state index in [1.807, 2.05) is 0 Å². The van der Waals surface area contributed by atoms with Crippen LogP contribution in [-0.2, 0) is 9.59 Å². The molecule has 0 saturated carbocycles. The summed E-state index contributed by atoms with van der Waals surface area (Å²) >= 11 is 3.10. The molecule has 1 aliphatic heterocycles. The quantitative estimate of drug-likeness (QED) is 0.875. The van der Waals surface area contributed by atoms with Gasteiger partial charge in [-0.3, -0.25) is 9.59 Å². The SMILES string of the molecule is O=C(O)CC1C(=O)Nc2c(F)cc(Br)cc21. The van der Waals surface area contributed by atoms with Gasteiger partial charge < -0.3 is 10.4 Å². The first kappa shape index (κ1) is 11.1. The minimum atomic E-state index is -1.09. The first-order valence-electron chi connectivity index (χ1n) is 4.50. The van der Waals surface area contributed by atoms with Crippen molar-refractivity contribution in [1.29, 1.82) is 0 Å². The van der Waals surface area contributed by atoms with E-state index >= 15 is 0 Å². The first-order valence-corrected chi connectivity index (χ1v) is 5.30. The van der Waals surface area contributed by atoms with Crippen molar-refractivity contribution in [3.63, 3.8) is 0 Å². The van der Waals surface area contributed by atoms with E-state index < -0.39 is 23.6 Å². The normalized spacial score (nSPS) is 18.1. The van der Waals surface area contributed by atoms with Gasteiger partial charge in [0.05, 0.1) is 18.0 Å². The molecule has 4 nitrogen and oxygen atoms in total. The van der Waals surface area contributed by atoms with Crippen LogP contribution in [0.1, 0.15) is 17.9 Å². The van der Waals surface area contributed by atoms with Crippen molar-refractivity contribution in [2.24, 2.45) is 0 Å². The van der Waals surface area contributed by atoms with E-state index in [4.69, 9.17) is 5.11 Å². The van der Waals surface area contributed by atoms with Gasteiger partial charge in [0.2, 0.25) is 5.91 Å². The highest BCUT2D eigenvalue weighted by Gasteiger charge is 2.34. The molecule has 6 heteroatoms. The van der Waals surface area contributed by atoms with Gasteiger partial charge in [-0.15, -0.1) is 0 Å². The van der Waals surface area contributed by atoms with Gasteiger partial charge in [-0.1, -0.05) is 15.9 Å². The summed E-state index contributed by atoms with van der Waals surface area (Å²) in [6.45, 7) is 0. The fourth-order valence-electron chi connectivity index (χ4n) is 1.73. The summed E-state index contributed by atoms with van der Waals surface area (Å²) in [4.78, 5) is 22.1. The molecule has 0 spiro atoms. The molecule has 1 unspecified atom stereocenters. The summed E-state index contributed by atoms with van der Waals surface area (Å²) in [5, 5.41) is 11.0. The molecule has 1 atom stereocenters. The number of rotatable bonds is 2. The molecule has 0 aliphatic carbocycles. The van der Waals surface area contributed by atoms with Crippen LogP contribution in [0.5, 0.6) is 0 Å². The summed E-state index contributed by atoms with van der Waals surface area (Å²) < 4.78 is 13.9. The standard InChI is InChI=1S/C10H7BrFNO3/c11-4-1-5-6(3-8(14)15)10(16)13-9(5)7(12)2-4/h1-2,6H,3H2,(H,13,16)(H,14,15). The lowest BCUT2D eigenvalue weighted by Gasteiger charge is -2.05. The second kappa shape index (κ2) is 3.86. The summed E-state index contributed by atoms with van der Waals surface area (Å²) in [5.41, 5.74) is 0.471. The van der Waals surface area contributed by atoms with Crippen molar-refractivity contribution < 1.29 is 19.1 Å². The number of nitrogens with one attached hydrogen (secondary N) is 1. The van der Waals surface area contributed by atoms with E-state index in [1.165, 1.54) is 6.07 Å². The van der Waals surface area contributed by atoms with Gasteiger partial charge in [0.15, 0.2) is 0 Å². The third-order valence-electron chi connectivity index (χ3n) is 2.40. The summed E-state index contributed by atoms with van der Waals surface area (Å²) in [6.07, 6.45) is -0.339. The predicted molar refractivity (Wildman–Crippen MR) is 57.7 cm³/mol. The van der Waals surface area contributed by atoms with Crippen molar-refractivity contribution in [2.75, 3.05) is 5.32 Å². The Kier molecular flexibility index (Phi) is 2.67. The Morgan fingerprint density at radius 2 is 2.25 bits per heavy atom. The monoisotopic (exact) mass is 287 g/mol. The van der Waals surface area contributed by atoms with Gasteiger partial charge in [-0.05, 0) is 17.7 Å². The average Bonchev–Trinajstić information content (AvgIpc) is 2.45. The Bertz CT molecular complexity index is 489. The molecule has 1 amide bonds. The lowest BCUT2D eigenvalue weighted by molar-refractivity contribution is -0.138. The molecule has 84 valence electrons. The van der Waals surface area contributed by atoms with Gasteiger partial charge in [0.25, 0.3) is 0 Å². The molecule has 2 N–H and O–H groups in total. The Balaban J connectivity index is 2.47. The van der Waals surface area contributed by atoms with Crippen LogP contribution in [0.4, 0.5) is 10.1 Å². The van der Waals surface area contributed by atoms with Gasteiger partial charge in [-0.2, -0.15) is 0 Å². The molecular formula is C10H7BrFNO3. The van der Waals surface area contributed by atoms with Crippen molar-refractivity contribution in [2.45, 2.75) is 12.3 Å². The minimum absolute atomic E-state index is 0.0828. The van der Waals surface area contributed by atoms with Crippen molar-refractivity contribution >= 4 is 33.5 Å². The van der Waals surface area contributed by atoms with Gasteiger partial charge in [0.1, 0.15) is 5.82 Å². The van der Waals surface area contributed by atoms with Crippen molar-refractivity contribution in [1.82, 2.24) is 0 Å². The second-order valence-electron chi connectivity index (χ2n) is 3.49. The molecule has 0 radical (unpaired) electrons. The number of hydrogen-bond acceptors (Lipinski definition) is 2. The smallest absolute Gasteiger partial charge is 0.304 e. The first-order chi connectivity index (χ1) is 7.49. The number of anilines is 1. The topological polar surface area (TPSA) is 66.4 Å². The minimum Gasteiger partial charge on any atom is -0.481 e. The molecule has 1 aliphatic rings. The van der Waals surface area contributed by atoms with Crippen LogP contribution in [0.15, 0.2) is 16.6 Å². The highest BCUT2D eigenvalue weighted by Crippen LogP contribution is 2.38. The number of halogens is 2. The lowest BCUT2D eigenvalue weighted by Crippen LogP contribution is -2.15. The molecule has 0 fully saturated rings. The van der Waals surface area contributed by atoms with E-state index in [9.17, 15) is 14.0 Å². The number of carboxylic acids is 1. The number of fused-ring (bicyclic) bond motifs is 1. The summed E-state index contributed by atoms with van der Waals surface area (Å²) in [6, 6.07) is 2.78. The van der Waals surface area contributed by atoms with Gasteiger partial charge in [0, 0.05) is 4.47 Å². The third kappa shape index (κ3) is 1.80. The number of benzene rings is 1. The Morgan fingerprint density at radius 1 is 1.56 bits per heavy atom. The predicted octanol–water partition coefficient (Wildman–Crippen LogP) is 2.10. The van der Waals surface area contributed by atoms with Crippen molar-refractivity contribution in [3.8, 4) is 0 Å². The third-order valence-corrected chi connectivity index (χ3v) is 2.86. The highest BCUT2D eigenvalue weighted by molar-refractivity contribution is 9.10. The van der Waals surface area contributed by atoms with Crippen LogP contribution < -0.4 is 5.32 Å². The van der Waals surface area contributed by atoms with Crippen LogP contribution in [0.2, 0.25) is 0 Å². The zero-order valence-electron chi connectivity index (χ0n) is 7.96. The number of aliphatic carboxylic acids is 1. The molecule has 1 aromatic rings. The van der Waals surface area contributed by atoms with Crippen LogP contribution in [0.3, 0.4) is 0 Å². The molecule has 16 heavy (non-hydrogen) atoms. The number of carboxylic acid groups (broad SMARTS) is 1. The highest BCUT2D eigenvalue weighted by atomic mass is 79.9. The van der Waals surface area contributed by atoms with Gasteiger partial charge in [-0.25, -0.2) is 4.39 Å². The Hall–Kier alpha value is -1.43. The zero-order valence-corrected chi connectivity index (χ0v) is 9.54. The maximum Gasteiger partial charge on any atom is 0.304 e. The molecule has 0 aromatic heterocycles. The number of carbonyl (C=O) groups excluding carboxylic acids is 1. The van der Waals surface area contributed by atoms with Crippen LogP contribution in [-0.4, -0.2) is 17.0 Å². The maximum atomic E-state index is 13.4. The fraction of sp³-hybridized carbons (Fsp3) is 0.200. The van der Waals surface area contributed by atoms with E-state index in [1.54, 1.807) is 6.07 Å². The average molecular weight is 288 g/mol. The molecule has 0 saturated heterocycles. The Morgan fingerprint density at radius 3 is 2.88 bits per heavy atom. The number of amides is 1. The molecule has 2 rings (SSSR count). The summed E-state index contributed by atoms with van der Waals surface area (Å²) in [7, 11) is 0. The van der Waals surface area contributed by atoms with Crippen molar-refractivity contribution in [3.05, 3.63) is 28.0 Å². The lowest BCUT2D eigenvalue weighted by atomic mass is 9.97. The second-order valence-corrected chi connectivity index (χ2v) is 4.41. The Labute approximate surface area is 98.6 Å². The van der Waals surface area contributed by atoms with E-state index in [0.29, 0.717) is 10.0 Å². The molecule has 0 bridgehead atoms. The number of carbonyl (C=O) groups is 2. The fourth-order valence-corrected chi connectivity index (χ4v) is 2.18. The molecule has 1 heterocycles. The van der Waals surface area contributed by atoms with Crippen LogP contribution >= 0.6 is 15.9 Å². The number of hydrogen-bond donors (Lipinski definition) is 2. The zero-order chi connectivity index (χ0) is 11.9. The summed E-state index contributed by atoms with van der Waals surface area (Å²) in [5.74, 6) is -2.95.